The molecule has 8 heteroatoms. The molecule has 1 aromatic heterocycles. The van der Waals surface area contributed by atoms with Crippen molar-refractivity contribution >= 4 is 17.7 Å². The number of aliphatic hydroxyl groups is 2. The van der Waals surface area contributed by atoms with Gasteiger partial charge in [0.2, 0.25) is 0 Å². The van der Waals surface area contributed by atoms with Gasteiger partial charge in [-0.3, -0.25) is 14.4 Å². The summed E-state index contributed by atoms with van der Waals surface area (Å²) in [6.07, 6.45) is 5.75. The number of rotatable bonds is 5. The minimum Gasteiger partial charge on any atom is -0.472 e. The van der Waals surface area contributed by atoms with Gasteiger partial charge in [-0.2, -0.15) is 0 Å². The van der Waals surface area contributed by atoms with Gasteiger partial charge in [-0.25, -0.2) is 0 Å². The number of methoxy groups -OCH3 is 1. The molecule has 35 heavy (non-hydrogen) atoms. The first-order valence-corrected chi connectivity index (χ1v) is 12.1. The summed E-state index contributed by atoms with van der Waals surface area (Å²) < 4.78 is 16.1. The maximum absolute atomic E-state index is 12.9. The summed E-state index contributed by atoms with van der Waals surface area (Å²) in [6, 6.07) is 1.64. The van der Waals surface area contributed by atoms with Crippen molar-refractivity contribution in [2.75, 3.05) is 7.11 Å². The van der Waals surface area contributed by atoms with E-state index in [2.05, 4.69) is 0 Å². The lowest BCUT2D eigenvalue weighted by Crippen LogP contribution is -2.70. The molecular formula is C27H36O8. The molecule has 0 radical (unpaired) electrons. The molecule has 4 rings (SSSR count). The Hall–Kier alpha value is -2.45. The predicted molar refractivity (Wildman–Crippen MR) is 125 cm³/mol. The number of allylic oxidation sites excluding steroid dienone is 2. The van der Waals surface area contributed by atoms with Crippen LogP contribution < -0.4 is 0 Å². The molecular weight excluding hydrogens is 452 g/mol. The van der Waals surface area contributed by atoms with Gasteiger partial charge in [-0.05, 0) is 43.2 Å². The Bertz CT molecular complexity index is 1060. The molecule has 1 saturated heterocycles. The summed E-state index contributed by atoms with van der Waals surface area (Å²) in [5.41, 5.74) is -5.38. The van der Waals surface area contributed by atoms with E-state index in [9.17, 15) is 24.6 Å². The van der Waals surface area contributed by atoms with E-state index in [1.165, 1.54) is 19.6 Å². The van der Waals surface area contributed by atoms with Crippen LogP contribution in [0.5, 0.6) is 0 Å². The topological polar surface area (TPSA) is 123 Å². The van der Waals surface area contributed by atoms with E-state index in [0.29, 0.717) is 18.4 Å². The van der Waals surface area contributed by atoms with E-state index >= 15 is 0 Å². The Kier molecular flexibility index (Phi) is 5.88. The molecule has 0 aromatic carbocycles. The van der Waals surface area contributed by atoms with Gasteiger partial charge in [-0.1, -0.05) is 33.8 Å². The number of carbonyl (C=O) groups excluding carboxylic acids is 3. The minimum atomic E-state index is -1.71. The third kappa shape index (κ3) is 3.36. The fourth-order valence-electron chi connectivity index (χ4n) is 7.48. The van der Waals surface area contributed by atoms with Crippen LogP contribution in [0.2, 0.25) is 0 Å². The fraction of sp³-hybridized carbons (Fsp3) is 0.667. The summed E-state index contributed by atoms with van der Waals surface area (Å²) in [5, 5.41) is 23.7. The Morgan fingerprint density at radius 2 is 1.91 bits per heavy atom. The second-order valence-corrected chi connectivity index (χ2v) is 11.7. The number of fused-ring (bicyclic) bond motifs is 1. The highest BCUT2D eigenvalue weighted by molar-refractivity contribution is 5.96. The van der Waals surface area contributed by atoms with Crippen LogP contribution >= 0.6 is 0 Å². The highest BCUT2D eigenvalue weighted by atomic mass is 16.6. The second-order valence-electron chi connectivity index (χ2n) is 11.7. The molecule has 0 amide bonds. The molecule has 0 bridgehead atoms. The molecule has 7 atom stereocenters. The van der Waals surface area contributed by atoms with E-state index in [1.807, 2.05) is 26.8 Å². The zero-order valence-electron chi connectivity index (χ0n) is 21.3. The van der Waals surface area contributed by atoms with Gasteiger partial charge in [0.05, 0.1) is 38.6 Å². The van der Waals surface area contributed by atoms with E-state index in [4.69, 9.17) is 13.9 Å². The van der Waals surface area contributed by atoms with Crippen LogP contribution in [0, 0.1) is 28.1 Å². The normalized spacial score (nSPS) is 41.3. The van der Waals surface area contributed by atoms with Crippen molar-refractivity contribution in [2.45, 2.75) is 77.6 Å². The summed E-state index contributed by atoms with van der Waals surface area (Å²) in [4.78, 5) is 38.2. The molecule has 2 aliphatic carbocycles. The van der Waals surface area contributed by atoms with Crippen molar-refractivity contribution < 1.29 is 38.5 Å². The molecule has 0 unspecified atom stereocenters. The molecule has 2 heterocycles. The molecule has 1 aliphatic heterocycles. The lowest BCUT2D eigenvalue weighted by Gasteiger charge is -2.63. The lowest BCUT2D eigenvalue weighted by atomic mass is 9.43. The van der Waals surface area contributed by atoms with Crippen LogP contribution in [0.3, 0.4) is 0 Å². The van der Waals surface area contributed by atoms with Crippen LogP contribution in [0.15, 0.2) is 35.2 Å². The predicted octanol–water partition coefficient (Wildman–Crippen LogP) is 3.52. The Morgan fingerprint density at radius 3 is 2.51 bits per heavy atom. The van der Waals surface area contributed by atoms with Crippen LogP contribution in [-0.4, -0.2) is 46.2 Å². The molecule has 192 valence electrons. The van der Waals surface area contributed by atoms with E-state index in [-0.39, 0.29) is 18.6 Å². The van der Waals surface area contributed by atoms with Gasteiger partial charge in [0.1, 0.15) is 11.2 Å². The summed E-state index contributed by atoms with van der Waals surface area (Å²) in [6.45, 7) is 9.09. The number of aliphatic hydroxyl groups excluding tert-OH is 1. The van der Waals surface area contributed by atoms with Crippen LogP contribution in [0.25, 0.3) is 0 Å². The number of ether oxygens (including phenoxy) is 2. The average molecular weight is 489 g/mol. The van der Waals surface area contributed by atoms with Gasteiger partial charge < -0.3 is 24.1 Å². The average Bonchev–Trinajstić information content (AvgIpc) is 3.40. The highest BCUT2D eigenvalue weighted by Crippen LogP contribution is 2.68. The van der Waals surface area contributed by atoms with Crippen molar-refractivity contribution in [3.05, 3.63) is 36.3 Å². The Labute approximate surface area is 205 Å². The molecule has 3 aliphatic rings. The highest BCUT2D eigenvalue weighted by Gasteiger charge is 2.75. The van der Waals surface area contributed by atoms with Crippen molar-refractivity contribution in [3.63, 3.8) is 0 Å². The van der Waals surface area contributed by atoms with Gasteiger partial charge in [0.25, 0.3) is 0 Å². The fourth-order valence-corrected chi connectivity index (χ4v) is 7.48. The smallest absolute Gasteiger partial charge is 0.309 e. The van der Waals surface area contributed by atoms with Crippen LogP contribution in [0.1, 0.15) is 72.0 Å². The van der Waals surface area contributed by atoms with E-state index < -0.39 is 57.3 Å². The third-order valence-corrected chi connectivity index (χ3v) is 9.77. The summed E-state index contributed by atoms with van der Waals surface area (Å²) in [5.74, 6) is -1.97. The number of ketones is 1. The molecule has 2 N–H and O–H groups in total. The first-order valence-electron chi connectivity index (χ1n) is 12.1. The zero-order chi connectivity index (χ0) is 26.0. The number of carbonyl (C=O) groups is 3. The molecule has 1 saturated carbocycles. The molecule has 0 spiro atoms. The number of furan rings is 1. The number of hydrogen-bond acceptors (Lipinski definition) is 8. The van der Waals surface area contributed by atoms with Gasteiger partial charge >= 0.3 is 11.9 Å². The van der Waals surface area contributed by atoms with Crippen molar-refractivity contribution in [1.82, 2.24) is 0 Å². The standard InChI is InChI=1S/C27H36O8/c1-23(2)18(13-20(29)33-6)24(3,10-8-19(23)28)17-7-11-25(4,22(31)16-9-12-34-15-16)27(32)14-21(30)35-26(17,27)5/h8-10,12,15,17-18,22,31-32H,7,11,13-14H2,1-6H3/t17-,18+,22-,24-,25+,26-,27-/m1/s1. The van der Waals surface area contributed by atoms with Crippen LogP contribution in [0.4, 0.5) is 0 Å². The maximum atomic E-state index is 12.9. The summed E-state index contributed by atoms with van der Waals surface area (Å²) >= 11 is 0. The largest absolute Gasteiger partial charge is 0.472 e. The first-order chi connectivity index (χ1) is 16.2. The van der Waals surface area contributed by atoms with E-state index in [0.717, 1.165) is 0 Å². The molecule has 1 aromatic rings. The first kappa shape index (κ1) is 25.6. The summed E-state index contributed by atoms with van der Waals surface area (Å²) in [7, 11) is 1.31. The monoisotopic (exact) mass is 488 g/mol. The quantitative estimate of drug-likeness (QED) is 0.604. The van der Waals surface area contributed by atoms with Gasteiger partial charge in [0.15, 0.2) is 5.78 Å². The molecule has 2 fully saturated rings. The lowest BCUT2D eigenvalue weighted by molar-refractivity contribution is -0.265. The second kappa shape index (κ2) is 8.03. The maximum Gasteiger partial charge on any atom is 0.309 e. The van der Waals surface area contributed by atoms with Crippen molar-refractivity contribution in [3.8, 4) is 0 Å². The van der Waals surface area contributed by atoms with Crippen molar-refractivity contribution in [2.24, 2.45) is 28.1 Å². The van der Waals surface area contributed by atoms with Crippen molar-refractivity contribution in [1.29, 1.82) is 0 Å². The van der Waals surface area contributed by atoms with E-state index in [1.54, 1.807) is 26.0 Å². The zero-order valence-corrected chi connectivity index (χ0v) is 21.3. The van der Waals surface area contributed by atoms with Crippen LogP contribution in [-0.2, 0) is 23.9 Å². The molecule has 8 nitrogen and oxygen atoms in total. The third-order valence-electron chi connectivity index (χ3n) is 9.77. The SMILES string of the molecule is COC(=O)C[C@H]1C(C)(C)C(=O)C=C[C@]1(C)[C@H]1CC[C@@](C)([C@H](O)c2ccoc2)[C@]2(O)CC(=O)O[C@]12C. The number of hydrogen-bond donors (Lipinski definition) is 2. The Morgan fingerprint density at radius 1 is 1.23 bits per heavy atom. The number of esters is 2. The van der Waals surface area contributed by atoms with Gasteiger partial charge in [0, 0.05) is 22.3 Å². The minimum absolute atomic E-state index is 0.00392. The van der Waals surface area contributed by atoms with Gasteiger partial charge in [-0.15, -0.1) is 0 Å². The Balaban J connectivity index is 1.84.